The maximum atomic E-state index is 14.5. The van der Waals surface area contributed by atoms with Gasteiger partial charge in [0.05, 0.1) is 66.7 Å². The standard InChI is InChI=1S/C49H42N6O8S2/c1-59-42-22-36-38(51-26-34-20-30-10-3-5-14-39(30)54(34)47(36)56)24-44(42)62-28-32-12-9-13-33(52-32)29-63-45-25-41-37(23-43(45)60-2)48(57)55-35(21-31-11-4-6-15-40(31)55)27-53(41)49(58)61-18-19-64-65-46-16-7-8-17-50-46/h3-17,22-26,34-35H,18-21,27-29H2,1-2H3/t34-,35-/m0/s1. The average molecular weight is 907 g/mol. The van der Waals surface area contributed by atoms with Crippen LogP contribution in [0.5, 0.6) is 23.0 Å². The first-order valence-corrected chi connectivity index (χ1v) is 23.3. The third kappa shape index (κ3) is 8.30. The molecule has 328 valence electrons. The second-order valence-electron chi connectivity index (χ2n) is 15.6. The van der Waals surface area contributed by atoms with Crippen molar-refractivity contribution in [3.8, 4) is 23.0 Å². The Kier molecular flexibility index (Phi) is 11.8. The van der Waals surface area contributed by atoms with Crippen molar-refractivity contribution in [3.63, 3.8) is 0 Å². The number of nitrogens with zero attached hydrogens (tertiary/aromatic N) is 6. The number of benzene rings is 4. The maximum Gasteiger partial charge on any atom is 0.414 e. The van der Waals surface area contributed by atoms with E-state index in [1.54, 1.807) is 40.3 Å². The molecule has 0 saturated heterocycles. The number of aromatic nitrogens is 2. The second-order valence-corrected chi connectivity index (χ2v) is 18.0. The lowest BCUT2D eigenvalue weighted by atomic mass is 10.1. The van der Waals surface area contributed by atoms with E-state index < -0.39 is 6.09 Å². The SMILES string of the molecule is COc1cc2c(cc1OCc1cccc(COc3cc4c(cc3OC)C(=O)N3c5ccccc5C[C@H]3CN4C(=O)OCCSSc3ccccn3)n1)N=C[C@@H]1Cc3ccccc3N1C2=O. The number of aliphatic imine (C=N–C) groups is 1. The first kappa shape index (κ1) is 41.9. The number of anilines is 3. The summed E-state index contributed by atoms with van der Waals surface area (Å²) in [5.41, 5.74) is 6.63. The fraction of sp³-hybridized carbons (Fsp3) is 0.224. The summed E-state index contributed by atoms with van der Waals surface area (Å²) in [5, 5.41) is 0.866. The minimum Gasteiger partial charge on any atom is -0.493 e. The van der Waals surface area contributed by atoms with Crippen LogP contribution in [0.2, 0.25) is 0 Å². The number of hydrogen-bond donors (Lipinski definition) is 0. The van der Waals surface area contributed by atoms with Gasteiger partial charge >= 0.3 is 6.09 Å². The average Bonchev–Trinajstić information content (AvgIpc) is 3.83. The van der Waals surface area contributed by atoms with Gasteiger partial charge in [-0.1, -0.05) is 59.3 Å². The van der Waals surface area contributed by atoms with Crippen molar-refractivity contribution in [3.05, 3.63) is 149 Å². The highest BCUT2D eigenvalue weighted by atomic mass is 33.1. The van der Waals surface area contributed by atoms with Crippen molar-refractivity contribution >= 4 is 68.5 Å². The van der Waals surface area contributed by atoms with E-state index in [1.165, 1.54) is 40.7 Å². The van der Waals surface area contributed by atoms with E-state index in [9.17, 15) is 14.4 Å². The molecule has 2 aromatic heterocycles. The zero-order valence-electron chi connectivity index (χ0n) is 35.4. The van der Waals surface area contributed by atoms with Crippen LogP contribution in [0.25, 0.3) is 0 Å². The topological polar surface area (TPSA) is 145 Å². The predicted molar refractivity (Wildman–Crippen MR) is 250 cm³/mol. The maximum absolute atomic E-state index is 14.5. The van der Waals surface area contributed by atoms with Crippen molar-refractivity contribution in [2.45, 2.75) is 43.2 Å². The molecule has 6 heterocycles. The molecule has 0 bridgehead atoms. The minimum atomic E-state index is -0.568. The first-order chi connectivity index (χ1) is 31.9. The summed E-state index contributed by atoms with van der Waals surface area (Å²) in [5.74, 6) is 1.59. The van der Waals surface area contributed by atoms with Gasteiger partial charge in [-0.2, -0.15) is 0 Å². The number of amides is 3. The quantitative estimate of drug-likeness (QED) is 0.0806. The molecular formula is C49H42N6O8S2. The summed E-state index contributed by atoms with van der Waals surface area (Å²) < 4.78 is 30.0. The van der Waals surface area contributed by atoms with E-state index in [0.717, 1.165) is 27.5 Å². The second kappa shape index (κ2) is 18.2. The molecule has 0 fully saturated rings. The summed E-state index contributed by atoms with van der Waals surface area (Å²) in [6.07, 6.45) is 4.27. The summed E-state index contributed by atoms with van der Waals surface area (Å²) >= 11 is 0. The largest absolute Gasteiger partial charge is 0.493 e. The zero-order chi connectivity index (χ0) is 44.4. The van der Waals surface area contributed by atoms with E-state index in [1.807, 2.05) is 91.1 Å². The summed E-state index contributed by atoms with van der Waals surface area (Å²) in [4.78, 5) is 61.3. The Hall–Kier alpha value is -7.04. The number of hydrogen-bond acceptors (Lipinski definition) is 13. The fourth-order valence-electron chi connectivity index (χ4n) is 8.63. The third-order valence-corrected chi connectivity index (χ3v) is 13.9. The van der Waals surface area contributed by atoms with Gasteiger partial charge in [-0.25, -0.2) is 9.78 Å². The van der Waals surface area contributed by atoms with E-state index in [2.05, 4.69) is 4.98 Å². The van der Waals surface area contributed by atoms with Crippen LogP contribution in [0.15, 0.2) is 125 Å². The molecule has 3 amide bonds. The van der Waals surface area contributed by atoms with Crippen molar-refractivity contribution in [2.75, 3.05) is 47.8 Å². The van der Waals surface area contributed by atoms with Gasteiger partial charge < -0.3 is 28.6 Å². The minimum absolute atomic E-state index is 0.0362. The van der Waals surface area contributed by atoms with Gasteiger partial charge in [0.2, 0.25) is 0 Å². The number of ether oxygens (including phenoxy) is 5. The number of methoxy groups -OCH3 is 2. The van der Waals surface area contributed by atoms with Crippen LogP contribution in [0.1, 0.15) is 43.2 Å². The van der Waals surface area contributed by atoms with Crippen LogP contribution < -0.4 is 33.6 Å². The molecule has 2 atom stereocenters. The Morgan fingerprint density at radius 1 is 0.708 bits per heavy atom. The van der Waals surface area contributed by atoms with Gasteiger partial charge in [-0.15, -0.1) is 0 Å². The third-order valence-electron chi connectivity index (χ3n) is 11.6. The molecule has 65 heavy (non-hydrogen) atoms. The molecule has 0 radical (unpaired) electrons. The van der Waals surface area contributed by atoms with Gasteiger partial charge in [0.1, 0.15) is 24.8 Å². The highest BCUT2D eigenvalue weighted by Gasteiger charge is 2.42. The number of carbonyl (C=O) groups is 3. The number of fused-ring (bicyclic) bond motifs is 8. The van der Waals surface area contributed by atoms with Crippen LogP contribution in [0, 0.1) is 0 Å². The van der Waals surface area contributed by atoms with E-state index in [-0.39, 0.29) is 55.8 Å². The Balaban J connectivity index is 0.857. The van der Waals surface area contributed by atoms with E-state index in [0.29, 0.717) is 69.9 Å². The molecule has 4 aromatic carbocycles. The highest BCUT2D eigenvalue weighted by molar-refractivity contribution is 8.76. The molecule has 14 nitrogen and oxygen atoms in total. The molecule has 0 N–H and O–H groups in total. The summed E-state index contributed by atoms with van der Waals surface area (Å²) in [6, 6.07) is 33.2. The van der Waals surface area contributed by atoms with Crippen molar-refractivity contribution < 1.29 is 38.1 Å². The smallest absolute Gasteiger partial charge is 0.414 e. The number of rotatable bonds is 13. The molecule has 4 aliphatic rings. The van der Waals surface area contributed by atoms with Gasteiger partial charge in [0.15, 0.2) is 23.0 Å². The van der Waals surface area contributed by atoms with Gasteiger partial charge in [0.25, 0.3) is 11.8 Å². The van der Waals surface area contributed by atoms with Gasteiger partial charge in [-0.3, -0.25) is 29.4 Å². The Morgan fingerprint density at radius 2 is 1.37 bits per heavy atom. The van der Waals surface area contributed by atoms with Gasteiger partial charge in [-0.05, 0) is 76.9 Å². The van der Waals surface area contributed by atoms with Crippen molar-refractivity contribution in [1.29, 1.82) is 0 Å². The van der Waals surface area contributed by atoms with Crippen LogP contribution in [-0.4, -0.2) is 79.3 Å². The van der Waals surface area contributed by atoms with Crippen LogP contribution >= 0.6 is 21.6 Å². The van der Waals surface area contributed by atoms with Crippen molar-refractivity contribution in [1.82, 2.24) is 9.97 Å². The number of para-hydroxylation sites is 2. The first-order valence-electron chi connectivity index (χ1n) is 21.0. The van der Waals surface area contributed by atoms with Gasteiger partial charge in [0, 0.05) is 48.1 Å². The van der Waals surface area contributed by atoms with E-state index in [4.69, 9.17) is 33.7 Å². The molecule has 0 spiro atoms. The Bertz CT molecular complexity index is 2850. The van der Waals surface area contributed by atoms with Crippen LogP contribution in [-0.2, 0) is 30.8 Å². The van der Waals surface area contributed by atoms with E-state index >= 15 is 0 Å². The molecule has 0 aliphatic carbocycles. The summed E-state index contributed by atoms with van der Waals surface area (Å²) in [7, 11) is 6.09. The normalized spacial score (nSPS) is 16.6. The van der Waals surface area contributed by atoms with Crippen LogP contribution in [0.4, 0.5) is 27.5 Å². The summed E-state index contributed by atoms with van der Waals surface area (Å²) in [6.45, 7) is 0.493. The van der Waals surface area contributed by atoms with Crippen LogP contribution in [0.3, 0.4) is 0 Å². The predicted octanol–water partition coefficient (Wildman–Crippen LogP) is 8.91. The Labute approximate surface area is 382 Å². The molecule has 6 aromatic rings. The number of pyridine rings is 2. The molecule has 0 unspecified atom stereocenters. The zero-order valence-corrected chi connectivity index (χ0v) is 37.1. The molecule has 0 saturated carbocycles. The molecular weight excluding hydrogens is 865 g/mol. The monoisotopic (exact) mass is 906 g/mol. The lowest BCUT2D eigenvalue weighted by molar-refractivity contribution is 0.0976. The number of carbonyl (C=O) groups excluding carboxylic acids is 3. The lowest BCUT2D eigenvalue weighted by Crippen LogP contribution is -2.44. The molecule has 4 aliphatic heterocycles. The molecule has 16 heteroatoms. The molecule has 10 rings (SSSR count). The Morgan fingerprint density at radius 3 is 2.09 bits per heavy atom. The lowest BCUT2D eigenvalue weighted by Gasteiger charge is -2.26. The van der Waals surface area contributed by atoms with Crippen molar-refractivity contribution in [2.24, 2.45) is 4.99 Å². The fourth-order valence-corrected chi connectivity index (χ4v) is 10.3. The highest BCUT2D eigenvalue weighted by Crippen LogP contribution is 2.44.